The van der Waals surface area contributed by atoms with Crippen molar-refractivity contribution in [1.29, 1.82) is 0 Å². The molecule has 1 fully saturated rings. The maximum absolute atomic E-state index is 12.7. The lowest BCUT2D eigenvalue weighted by molar-refractivity contribution is 0.125. The third kappa shape index (κ3) is 3.13. The number of hydrogen-bond acceptors (Lipinski definition) is 1. The van der Waals surface area contributed by atoms with Gasteiger partial charge < -0.3 is 5.11 Å². The Balaban J connectivity index is 1.39. The van der Waals surface area contributed by atoms with Crippen LogP contribution in [0.1, 0.15) is 47.1 Å². The molecule has 0 aromatic heterocycles. The van der Waals surface area contributed by atoms with Gasteiger partial charge in [-0.05, 0) is 88.0 Å². The average molecular weight is 519 g/mol. The normalized spacial score (nSPS) is 29.3. The second-order valence-corrected chi connectivity index (χ2v) is 12.0. The lowest BCUT2D eigenvalue weighted by Crippen LogP contribution is -2.38. The fourth-order valence-corrected chi connectivity index (χ4v) is 8.71. The number of benzene rings is 3. The quantitative estimate of drug-likeness (QED) is 0.272. The van der Waals surface area contributed by atoms with Gasteiger partial charge in [0.05, 0.1) is 0 Å². The summed E-state index contributed by atoms with van der Waals surface area (Å²) in [5.74, 6) is 1.76. The number of fused-ring (bicyclic) bond motifs is 9. The first-order chi connectivity index (χ1) is 19.7. The van der Waals surface area contributed by atoms with Crippen molar-refractivity contribution in [1.82, 2.24) is 0 Å². The van der Waals surface area contributed by atoms with Crippen LogP contribution in [0.4, 0.5) is 0 Å². The van der Waals surface area contributed by atoms with Crippen LogP contribution in [-0.4, -0.2) is 5.11 Å². The first-order valence-corrected chi connectivity index (χ1v) is 14.8. The molecule has 5 unspecified atom stereocenters. The summed E-state index contributed by atoms with van der Waals surface area (Å²) in [5.41, 5.74) is 7.16. The van der Waals surface area contributed by atoms with Crippen LogP contribution in [0, 0.1) is 23.7 Å². The van der Waals surface area contributed by atoms with Gasteiger partial charge in [0.15, 0.2) is 0 Å². The van der Waals surface area contributed by atoms with E-state index >= 15 is 0 Å². The summed E-state index contributed by atoms with van der Waals surface area (Å²) in [5, 5.41) is 12.7. The Morgan fingerprint density at radius 2 is 1.35 bits per heavy atom. The smallest absolute Gasteiger partial charge is 0.140 e. The van der Waals surface area contributed by atoms with E-state index in [0.717, 1.165) is 36.0 Å². The molecular formula is C39H34O. The predicted octanol–water partition coefficient (Wildman–Crippen LogP) is 8.45. The van der Waals surface area contributed by atoms with E-state index in [1.807, 2.05) is 60.7 Å². The highest BCUT2D eigenvalue weighted by molar-refractivity contribution is 5.85. The highest BCUT2D eigenvalue weighted by atomic mass is 16.3. The Hall–Kier alpha value is -3.94. The molecule has 3 aromatic carbocycles. The summed E-state index contributed by atoms with van der Waals surface area (Å²) in [7, 11) is 0. The van der Waals surface area contributed by atoms with Crippen LogP contribution in [-0.2, 0) is 11.0 Å². The Morgan fingerprint density at radius 3 is 2.12 bits per heavy atom. The van der Waals surface area contributed by atoms with E-state index in [9.17, 15) is 5.11 Å². The number of aliphatic hydroxyl groups is 1. The van der Waals surface area contributed by atoms with Gasteiger partial charge in [0, 0.05) is 5.41 Å². The lowest BCUT2D eigenvalue weighted by Gasteiger charge is -2.40. The summed E-state index contributed by atoms with van der Waals surface area (Å²) in [6.07, 6.45) is 27.2. The lowest BCUT2D eigenvalue weighted by atomic mass is 9.62. The third-order valence-electron chi connectivity index (χ3n) is 10.3. The molecule has 196 valence electrons. The second-order valence-electron chi connectivity index (χ2n) is 12.0. The fourth-order valence-electron chi connectivity index (χ4n) is 8.71. The van der Waals surface area contributed by atoms with Crippen LogP contribution in [0.3, 0.4) is 0 Å². The largest absolute Gasteiger partial charge is 0.376 e. The minimum Gasteiger partial charge on any atom is -0.376 e. The molecule has 5 aliphatic carbocycles. The molecule has 5 aliphatic rings. The van der Waals surface area contributed by atoms with E-state index in [-0.39, 0.29) is 5.41 Å². The van der Waals surface area contributed by atoms with Gasteiger partial charge in [-0.15, -0.1) is 0 Å². The van der Waals surface area contributed by atoms with E-state index in [1.165, 1.54) is 22.3 Å². The number of rotatable bonds is 3. The molecular weight excluding hydrogens is 484 g/mol. The molecule has 3 aromatic rings. The van der Waals surface area contributed by atoms with Crippen molar-refractivity contribution in [2.75, 3.05) is 0 Å². The van der Waals surface area contributed by atoms with E-state index < -0.39 is 5.60 Å². The molecule has 0 radical (unpaired) electrons. The first kappa shape index (κ1) is 23.9. The predicted molar refractivity (Wildman–Crippen MR) is 164 cm³/mol. The van der Waals surface area contributed by atoms with E-state index in [0.29, 0.717) is 23.7 Å². The molecule has 1 N–H and O–H groups in total. The van der Waals surface area contributed by atoms with Crippen LogP contribution in [0.2, 0.25) is 0 Å². The maximum atomic E-state index is 12.7. The van der Waals surface area contributed by atoms with Gasteiger partial charge in [-0.3, -0.25) is 0 Å². The topological polar surface area (TPSA) is 20.2 Å². The standard InChI is InChI=1S/C39H34O/c40-39(27-14-4-1-5-15-27,28-16-6-2-7-17-28)29-24-25-37-33(26-29)32-20-11-13-23-36(32)38(37)34-21-9-3-8-18-30(34)31-19-10-12-22-35(31)38/h1-2,4-10,12-19,21-26,30-31,34-35,40H,3,11,20H2. The van der Waals surface area contributed by atoms with Crippen molar-refractivity contribution in [3.8, 4) is 0 Å². The van der Waals surface area contributed by atoms with Crippen LogP contribution in [0.25, 0.3) is 5.57 Å². The van der Waals surface area contributed by atoms with Gasteiger partial charge in [0.2, 0.25) is 0 Å². The van der Waals surface area contributed by atoms with E-state index in [4.69, 9.17) is 0 Å². The molecule has 0 heterocycles. The summed E-state index contributed by atoms with van der Waals surface area (Å²) in [6.45, 7) is 0. The van der Waals surface area contributed by atoms with Crippen LogP contribution in [0.5, 0.6) is 0 Å². The molecule has 40 heavy (non-hydrogen) atoms. The van der Waals surface area contributed by atoms with Crippen molar-refractivity contribution in [2.45, 2.75) is 30.3 Å². The highest BCUT2D eigenvalue weighted by Gasteiger charge is 2.62. The van der Waals surface area contributed by atoms with E-state index in [1.54, 1.807) is 0 Å². The van der Waals surface area contributed by atoms with Gasteiger partial charge in [0.1, 0.15) is 5.60 Å². The summed E-state index contributed by atoms with van der Waals surface area (Å²) in [6, 6.07) is 27.2. The molecule has 1 heteroatoms. The van der Waals surface area contributed by atoms with Crippen molar-refractivity contribution >= 4 is 5.57 Å². The molecule has 0 saturated heterocycles. The third-order valence-corrected chi connectivity index (χ3v) is 10.3. The molecule has 0 amide bonds. The van der Waals surface area contributed by atoms with E-state index in [2.05, 4.69) is 79.0 Å². The van der Waals surface area contributed by atoms with Gasteiger partial charge in [-0.2, -0.15) is 0 Å². The molecule has 1 nitrogen and oxygen atoms in total. The zero-order valence-electron chi connectivity index (χ0n) is 22.7. The van der Waals surface area contributed by atoms with Gasteiger partial charge in [-0.1, -0.05) is 134 Å². The Kier molecular flexibility index (Phi) is 5.41. The Bertz CT molecular complexity index is 1610. The molecule has 0 aliphatic heterocycles. The van der Waals surface area contributed by atoms with Crippen molar-refractivity contribution in [2.24, 2.45) is 23.7 Å². The van der Waals surface area contributed by atoms with Crippen molar-refractivity contribution in [3.63, 3.8) is 0 Å². The molecule has 0 bridgehead atoms. The summed E-state index contributed by atoms with van der Waals surface area (Å²) in [4.78, 5) is 0. The van der Waals surface area contributed by atoms with Crippen molar-refractivity contribution in [3.05, 3.63) is 173 Å². The van der Waals surface area contributed by atoms with Gasteiger partial charge in [0.25, 0.3) is 0 Å². The fraction of sp³-hybridized carbons (Fsp3) is 0.231. The second kappa shape index (κ2) is 9.04. The zero-order valence-corrected chi connectivity index (χ0v) is 22.7. The summed E-state index contributed by atoms with van der Waals surface area (Å²) < 4.78 is 0. The summed E-state index contributed by atoms with van der Waals surface area (Å²) >= 11 is 0. The first-order valence-electron chi connectivity index (χ1n) is 14.8. The minimum atomic E-state index is -1.24. The maximum Gasteiger partial charge on any atom is 0.140 e. The van der Waals surface area contributed by atoms with Crippen molar-refractivity contribution < 1.29 is 5.11 Å². The van der Waals surface area contributed by atoms with Crippen LogP contribution < -0.4 is 0 Å². The Morgan fingerprint density at radius 1 is 0.675 bits per heavy atom. The number of allylic oxidation sites excluding steroid dienone is 12. The zero-order chi connectivity index (χ0) is 26.7. The molecule has 1 saturated carbocycles. The Labute approximate surface area is 237 Å². The van der Waals surface area contributed by atoms with Gasteiger partial charge in [-0.25, -0.2) is 0 Å². The molecule has 5 atom stereocenters. The average Bonchev–Trinajstić information content (AvgIpc) is 3.32. The SMILES string of the molecule is OC(c1ccccc1)(c1ccccc1)c1ccc2c(c1)C1=C(C=CCC1)C21C2C=CC=CC2C2C=CCC=CC21. The molecule has 1 spiro atoms. The number of hydrogen-bond donors (Lipinski definition) is 1. The van der Waals surface area contributed by atoms with Gasteiger partial charge >= 0.3 is 0 Å². The molecule has 8 rings (SSSR count). The van der Waals surface area contributed by atoms with Crippen LogP contribution in [0.15, 0.2) is 145 Å². The monoisotopic (exact) mass is 518 g/mol. The highest BCUT2D eigenvalue weighted by Crippen LogP contribution is 2.67. The van der Waals surface area contributed by atoms with Crippen LogP contribution >= 0.6 is 0 Å². The minimum absolute atomic E-state index is 0.0977.